The van der Waals surface area contributed by atoms with E-state index in [1.54, 1.807) is 13.8 Å². The van der Waals surface area contributed by atoms with Gasteiger partial charge in [-0.05, 0) is 44.4 Å². The van der Waals surface area contributed by atoms with Crippen molar-refractivity contribution >= 4 is 53.3 Å². The van der Waals surface area contributed by atoms with Crippen LogP contribution in [0.1, 0.15) is 149 Å². The third-order valence-corrected chi connectivity index (χ3v) is 10.2. The fraction of sp³-hybridized carbons (Fsp3) is 0.786. The highest BCUT2D eigenvalue weighted by Crippen LogP contribution is 2.14. The first-order chi connectivity index (χ1) is 29.9. The number of unbranched alkanes of at least 4 members (excludes halogenated alkanes) is 12. The zero-order valence-corrected chi connectivity index (χ0v) is 38.3. The molecule has 21 heteroatoms. The van der Waals surface area contributed by atoms with E-state index in [-0.39, 0.29) is 68.9 Å². The number of carbonyl (C=O) groups is 7. The van der Waals surface area contributed by atoms with Gasteiger partial charge in [0.05, 0.1) is 13.0 Å². The van der Waals surface area contributed by atoms with Crippen LogP contribution >= 0.6 is 0 Å². The summed E-state index contributed by atoms with van der Waals surface area (Å²) in [6, 6.07) is -6.51. The number of hydrogen-bond donors (Lipinski definition) is 14. The number of carbonyl (C=O) groups excluding carboxylic acids is 7. The molecule has 5 atom stereocenters. The van der Waals surface area contributed by atoms with Crippen LogP contribution in [0.5, 0.6) is 0 Å². The minimum Gasteiger partial charge on any atom is -0.394 e. The van der Waals surface area contributed by atoms with E-state index in [1.165, 1.54) is 64.8 Å². The first-order valence-corrected chi connectivity index (χ1v) is 22.7. The summed E-state index contributed by atoms with van der Waals surface area (Å²) in [5.74, 6) is -5.89. The molecule has 0 aliphatic rings. The number of amides is 7. The molecular formula is C42H81N13O8. The average Bonchev–Trinajstić information content (AvgIpc) is 3.22. The molecule has 0 aromatic heterocycles. The van der Waals surface area contributed by atoms with Crippen LogP contribution < -0.4 is 59.7 Å². The number of rotatable bonds is 37. The molecule has 0 saturated carbocycles. The lowest BCUT2D eigenvalue weighted by molar-refractivity contribution is -0.136. The first kappa shape index (κ1) is 57.8. The summed E-state index contributed by atoms with van der Waals surface area (Å²) in [6.45, 7) is 5.35. The molecule has 7 amide bonds. The van der Waals surface area contributed by atoms with Gasteiger partial charge in [-0.15, -0.1) is 0 Å². The number of nitrogens with one attached hydrogen (secondary N) is 10. The van der Waals surface area contributed by atoms with Crippen LogP contribution in [0.2, 0.25) is 0 Å². The monoisotopic (exact) mass is 896 g/mol. The lowest BCUT2D eigenvalue weighted by Gasteiger charge is -2.27. The van der Waals surface area contributed by atoms with Crippen LogP contribution in [0, 0.1) is 16.7 Å². The maximum atomic E-state index is 13.8. The van der Waals surface area contributed by atoms with E-state index in [0.717, 1.165) is 19.3 Å². The van der Waals surface area contributed by atoms with Gasteiger partial charge in [0.25, 0.3) is 0 Å². The summed E-state index contributed by atoms with van der Waals surface area (Å²) in [7, 11) is 1.31. The van der Waals surface area contributed by atoms with E-state index in [2.05, 4.69) is 49.5 Å². The predicted octanol–water partition coefficient (Wildman–Crippen LogP) is 0.0780. The summed E-state index contributed by atoms with van der Waals surface area (Å²) in [5, 5.41) is 45.4. The molecule has 0 aromatic rings. The van der Waals surface area contributed by atoms with Gasteiger partial charge in [0.2, 0.25) is 41.4 Å². The highest BCUT2D eigenvalue weighted by Gasteiger charge is 2.33. The first-order valence-electron chi connectivity index (χ1n) is 22.7. The average molecular weight is 896 g/mol. The summed E-state index contributed by atoms with van der Waals surface area (Å²) in [5.41, 5.74) is 16.0. The number of likely N-dealkylation sites (N-methyl/N-ethyl adjacent to an activating group) is 1. The topological polar surface area (TPSA) is 362 Å². The quantitative estimate of drug-likeness (QED) is 0.0224. The molecule has 0 rings (SSSR count). The van der Waals surface area contributed by atoms with Crippen molar-refractivity contribution in [1.29, 1.82) is 10.8 Å². The Morgan fingerprint density at radius 3 is 1.35 bits per heavy atom. The van der Waals surface area contributed by atoms with Crippen molar-refractivity contribution in [3.05, 3.63) is 0 Å². The van der Waals surface area contributed by atoms with E-state index in [1.807, 2.05) is 0 Å². The minimum atomic E-state index is -1.53. The van der Waals surface area contributed by atoms with Crippen molar-refractivity contribution in [2.75, 3.05) is 26.7 Å². The largest absolute Gasteiger partial charge is 0.394 e. The predicted molar refractivity (Wildman–Crippen MR) is 243 cm³/mol. The fourth-order valence-corrected chi connectivity index (χ4v) is 6.74. The van der Waals surface area contributed by atoms with E-state index in [0.29, 0.717) is 12.8 Å². The molecule has 0 aliphatic heterocycles. The molecule has 0 radical (unpaired) electrons. The number of guanidine groups is 2. The molecule has 0 aromatic carbocycles. The summed E-state index contributed by atoms with van der Waals surface area (Å²) < 4.78 is 0. The number of nitrogens with two attached hydrogens (primary N) is 3. The van der Waals surface area contributed by atoms with Gasteiger partial charge in [-0.2, -0.15) is 0 Å². The Bertz CT molecular complexity index is 1420. The lowest BCUT2D eigenvalue weighted by atomic mass is 10.0. The Kier molecular flexibility index (Phi) is 32.4. The van der Waals surface area contributed by atoms with Crippen LogP contribution in [0.4, 0.5) is 0 Å². The van der Waals surface area contributed by atoms with Crippen LogP contribution in [0.3, 0.4) is 0 Å². The van der Waals surface area contributed by atoms with Gasteiger partial charge in [-0.1, -0.05) is 97.8 Å². The molecule has 17 N–H and O–H groups in total. The summed E-state index contributed by atoms with van der Waals surface area (Å²) in [6.07, 6.45) is 15.5. The third kappa shape index (κ3) is 29.7. The fourth-order valence-electron chi connectivity index (χ4n) is 6.74. The number of aliphatic hydroxyl groups excluding tert-OH is 1. The normalized spacial score (nSPS) is 13.3. The summed E-state index contributed by atoms with van der Waals surface area (Å²) >= 11 is 0. The number of primary amides is 1. The SMILES string of the molecule is CCCCCCCCCCCCCCCC(=O)N[C@@H](CCCNC(=N)N)C(=O)N[C@@H](CO)C(=O)N[C@@H](CC(C)C)C(=O)N[C@@H](CCCNC(=N)N)C(=O)N[C@@H](CC(N)=O)C(=O)NC. The van der Waals surface area contributed by atoms with Crippen molar-refractivity contribution in [3.8, 4) is 0 Å². The maximum absolute atomic E-state index is 13.8. The molecule has 0 spiro atoms. The highest BCUT2D eigenvalue weighted by atomic mass is 16.3. The molecular weight excluding hydrogens is 815 g/mol. The molecule has 63 heavy (non-hydrogen) atoms. The van der Waals surface area contributed by atoms with Crippen molar-refractivity contribution in [1.82, 2.24) is 42.5 Å². The van der Waals surface area contributed by atoms with Crippen molar-refractivity contribution in [2.45, 2.75) is 179 Å². The Morgan fingerprint density at radius 1 is 0.524 bits per heavy atom. The minimum absolute atomic E-state index is 0.0129. The van der Waals surface area contributed by atoms with Gasteiger partial charge < -0.3 is 64.8 Å². The van der Waals surface area contributed by atoms with Crippen molar-refractivity contribution in [3.63, 3.8) is 0 Å². The highest BCUT2D eigenvalue weighted by molar-refractivity contribution is 5.97. The Morgan fingerprint density at radius 2 is 0.921 bits per heavy atom. The second-order valence-electron chi connectivity index (χ2n) is 16.4. The molecule has 0 bridgehead atoms. The smallest absolute Gasteiger partial charge is 0.245 e. The number of hydrogen-bond acceptors (Lipinski definition) is 10. The second kappa shape index (κ2) is 35.3. The zero-order valence-electron chi connectivity index (χ0n) is 38.3. The lowest BCUT2D eigenvalue weighted by Crippen LogP contribution is -2.60. The second-order valence-corrected chi connectivity index (χ2v) is 16.4. The van der Waals surface area contributed by atoms with E-state index >= 15 is 0 Å². The Hall–Kier alpha value is -5.21. The zero-order chi connectivity index (χ0) is 47.6. The molecule has 0 heterocycles. The molecule has 0 unspecified atom stereocenters. The molecule has 21 nitrogen and oxygen atoms in total. The molecule has 0 saturated heterocycles. The molecule has 0 aliphatic carbocycles. The van der Waals surface area contributed by atoms with E-state index in [4.69, 9.17) is 28.0 Å². The van der Waals surface area contributed by atoms with E-state index in [9.17, 15) is 38.7 Å². The standard InChI is InChI=1S/C42H81N13O8/c1-5-6-7-8-9-10-11-12-13-14-15-16-17-22-35(58)51-29(20-18-23-49-41(44)45)37(60)55-33(27-56)40(63)53-31(25-28(2)3)39(62)52-30(21-19-24-50-42(46)47)38(61)54-32(26-34(43)57)36(59)48-4/h28-33,56H,5-27H2,1-4H3,(H2,43,57)(H,48,59)(H,51,58)(H,52,62)(H,53,63)(H,54,61)(H,55,60)(H4,44,45,49)(H4,46,47,50)/t29-,30-,31-,32-,33-/m0/s1. The van der Waals surface area contributed by atoms with Crippen LogP contribution in [-0.4, -0.2) is 115 Å². The van der Waals surface area contributed by atoms with Crippen molar-refractivity contribution < 1.29 is 38.7 Å². The van der Waals surface area contributed by atoms with Gasteiger partial charge in [0.15, 0.2) is 11.9 Å². The third-order valence-electron chi connectivity index (χ3n) is 10.2. The summed E-state index contributed by atoms with van der Waals surface area (Å²) in [4.78, 5) is 91.4. The Labute approximate surface area is 373 Å². The van der Waals surface area contributed by atoms with Gasteiger partial charge in [-0.25, -0.2) is 0 Å². The Balaban J connectivity index is 5.70. The maximum Gasteiger partial charge on any atom is 0.245 e. The van der Waals surface area contributed by atoms with Crippen molar-refractivity contribution in [2.24, 2.45) is 23.1 Å². The number of aliphatic hydroxyl groups is 1. The van der Waals surface area contributed by atoms with Crippen LogP contribution in [0.25, 0.3) is 0 Å². The molecule has 0 fully saturated rings. The van der Waals surface area contributed by atoms with E-state index < -0.39 is 78.7 Å². The van der Waals surface area contributed by atoms with Gasteiger partial charge in [-0.3, -0.25) is 44.4 Å². The van der Waals surface area contributed by atoms with Gasteiger partial charge >= 0.3 is 0 Å². The van der Waals surface area contributed by atoms with Gasteiger partial charge in [0, 0.05) is 26.6 Å². The van der Waals surface area contributed by atoms with Crippen LogP contribution in [0.15, 0.2) is 0 Å². The van der Waals surface area contributed by atoms with Crippen LogP contribution in [-0.2, 0) is 33.6 Å². The molecule has 362 valence electrons. The van der Waals surface area contributed by atoms with Gasteiger partial charge in [0.1, 0.15) is 30.2 Å².